The molecule has 1 amide bonds. The zero-order valence-corrected chi connectivity index (χ0v) is 19.7. The number of likely N-dealkylation sites (N-methyl/N-ethyl adjacent to an activating group) is 1. The largest absolute Gasteiger partial charge is 0.507 e. The highest BCUT2D eigenvalue weighted by atomic mass is 16.6. The molecule has 0 spiro atoms. The fourth-order valence-electron chi connectivity index (χ4n) is 4.11. The standard InChI is InChI=1S/C26H30N2O6/c1-4-12-32-19-7-5-6-17(15-19)23-22(25(30)26(31)28(23)11-10-27(2)3)24(29)18-8-9-20-21(16-18)34-14-13-33-20/h5-9,15-16,23,29H,4,10-14H2,1-3H3/b24-22-. The number of fused-ring (bicyclic) bond motifs is 1. The Morgan fingerprint density at radius 3 is 2.62 bits per heavy atom. The Morgan fingerprint density at radius 2 is 1.88 bits per heavy atom. The summed E-state index contributed by atoms with van der Waals surface area (Å²) in [6, 6.07) is 11.6. The molecule has 2 aromatic rings. The molecule has 1 N–H and O–H groups in total. The average Bonchev–Trinajstić information content (AvgIpc) is 3.10. The van der Waals surface area contributed by atoms with Crippen LogP contribution in [-0.4, -0.2) is 73.6 Å². The Morgan fingerprint density at radius 1 is 1.12 bits per heavy atom. The zero-order chi connectivity index (χ0) is 24.2. The van der Waals surface area contributed by atoms with Crippen molar-refractivity contribution in [1.82, 2.24) is 9.80 Å². The average molecular weight is 467 g/mol. The lowest BCUT2D eigenvalue weighted by Gasteiger charge is -2.27. The number of aliphatic hydroxyl groups is 1. The number of aliphatic hydroxyl groups excluding tert-OH is 1. The zero-order valence-electron chi connectivity index (χ0n) is 19.7. The lowest BCUT2D eigenvalue weighted by atomic mass is 9.95. The maximum absolute atomic E-state index is 13.2. The number of nitrogens with zero attached hydrogens (tertiary/aromatic N) is 2. The maximum Gasteiger partial charge on any atom is 0.295 e. The van der Waals surface area contributed by atoms with E-state index in [9.17, 15) is 14.7 Å². The number of carbonyl (C=O) groups excluding carboxylic acids is 2. The first kappa shape index (κ1) is 23.6. The van der Waals surface area contributed by atoms with Crippen LogP contribution in [0.25, 0.3) is 5.76 Å². The van der Waals surface area contributed by atoms with E-state index in [1.807, 2.05) is 50.2 Å². The Hall–Kier alpha value is -3.52. The minimum absolute atomic E-state index is 0.0491. The van der Waals surface area contributed by atoms with Crippen molar-refractivity contribution in [3.8, 4) is 17.2 Å². The second-order valence-corrected chi connectivity index (χ2v) is 8.58. The normalized spacial score (nSPS) is 19.1. The number of benzene rings is 2. The van der Waals surface area contributed by atoms with Crippen LogP contribution in [0, 0.1) is 0 Å². The molecular weight excluding hydrogens is 436 g/mol. The number of rotatable bonds is 8. The van der Waals surface area contributed by atoms with Gasteiger partial charge in [0.15, 0.2) is 11.5 Å². The molecule has 0 aliphatic carbocycles. The highest BCUT2D eigenvalue weighted by Gasteiger charge is 2.46. The van der Waals surface area contributed by atoms with Crippen LogP contribution in [0.15, 0.2) is 48.0 Å². The third-order valence-corrected chi connectivity index (χ3v) is 5.79. The molecule has 1 unspecified atom stereocenters. The van der Waals surface area contributed by atoms with Crippen LogP contribution in [-0.2, 0) is 9.59 Å². The van der Waals surface area contributed by atoms with E-state index in [1.165, 1.54) is 4.90 Å². The summed E-state index contributed by atoms with van der Waals surface area (Å²) in [7, 11) is 3.81. The molecule has 2 aliphatic heterocycles. The van der Waals surface area contributed by atoms with Gasteiger partial charge in [-0.25, -0.2) is 0 Å². The molecule has 2 heterocycles. The van der Waals surface area contributed by atoms with Gasteiger partial charge in [0.05, 0.1) is 18.2 Å². The van der Waals surface area contributed by atoms with Gasteiger partial charge in [-0.05, 0) is 56.4 Å². The molecule has 8 nitrogen and oxygen atoms in total. The lowest BCUT2D eigenvalue weighted by Crippen LogP contribution is -2.35. The van der Waals surface area contributed by atoms with Crippen molar-refractivity contribution in [2.75, 3.05) is 47.0 Å². The lowest BCUT2D eigenvalue weighted by molar-refractivity contribution is -0.140. The van der Waals surface area contributed by atoms with E-state index in [2.05, 4.69) is 0 Å². The molecule has 0 aromatic heterocycles. The van der Waals surface area contributed by atoms with Crippen molar-refractivity contribution in [2.45, 2.75) is 19.4 Å². The molecule has 2 aliphatic rings. The van der Waals surface area contributed by atoms with Gasteiger partial charge in [-0.2, -0.15) is 0 Å². The van der Waals surface area contributed by atoms with Crippen molar-refractivity contribution in [1.29, 1.82) is 0 Å². The van der Waals surface area contributed by atoms with Crippen LogP contribution in [0.2, 0.25) is 0 Å². The van der Waals surface area contributed by atoms with Crippen molar-refractivity contribution in [2.24, 2.45) is 0 Å². The van der Waals surface area contributed by atoms with Gasteiger partial charge in [-0.3, -0.25) is 9.59 Å². The molecule has 2 aromatic carbocycles. The molecule has 8 heteroatoms. The number of ether oxygens (including phenoxy) is 3. The van der Waals surface area contributed by atoms with Crippen LogP contribution >= 0.6 is 0 Å². The Balaban J connectivity index is 1.80. The topological polar surface area (TPSA) is 88.5 Å². The van der Waals surface area contributed by atoms with E-state index in [0.717, 1.165) is 6.42 Å². The monoisotopic (exact) mass is 466 g/mol. The molecule has 0 saturated carbocycles. The van der Waals surface area contributed by atoms with Gasteiger partial charge in [0, 0.05) is 18.7 Å². The predicted octanol–water partition coefficient (Wildman–Crippen LogP) is 3.23. The maximum atomic E-state index is 13.2. The van der Waals surface area contributed by atoms with Gasteiger partial charge in [0.25, 0.3) is 11.7 Å². The van der Waals surface area contributed by atoms with Crippen LogP contribution < -0.4 is 14.2 Å². The summed E-state index contributed by atoms with van der Waals surface area (Å²) in [6.45, 7) is 4.33. The summed E-state index contributed by atoms with van der Waals surface area (Å²) in [5.41, 5.74) is 1.14. The summed E-state index contributed by atoms with van der Waals surface area (Å²) in [5, 5.41) is 11.3. The molecule has 0 radical (unpaired) electrons. The second-order valence-electron chi connectivity index (χ2n) is 8.58. The Kier molecular flexibility index (Phi) is 7.07. The fourth-order valence-corrected chi connectivity index (χ4v) is 4.11. The van der Waals surface area contributed by atoms with E-state index < -0.39 is 17.7 Å². The number of Topliss-reactive ketones (excluding diaryl/α,β-unsaturated/α-hetero) is 1. The summed E-state index contributed by atoms with van der Waals surface area (Å²) >= 11 is 0. The molecule has 34 heavy (non-hydrogen) atoms. The molecule has 180 valence electrons. The van der Waals surface area contributed by atoms with Gasteiger partial charge in [-0.15, -0.1) is 0 Å². The number of likely N-dealkylation sites (tertiary alicyclic amines) is 1. The van der Waals surface area contributed by atoms with E-state index >= 15 is 0 Å². The molecule has 1 saturated heterocycles. The van der Waals surface area contributed by atoms with E-state index in [-0.39, 0.29) is 11.3 Å². The van der Waals surface area contributed by atoms with Crippen LogP contribution in [0.5, 0.6) is 17.2 Å². The van der Waals surface area contributed by atoms with Gasteiger partial charge >= 0.3 is 0 Å². The fraction of sp³-hybridized carbons (Fsp3) is 0.385. The second kappa shape index (κ2) is 10.2. The summed E-state index contributed by atoms with van der Waals surface area (Å²) in [6.07, 6.45) is 0.857. The van der Waals surface area contributed by atoms with Crippen LogP contribution in [0.4, 0.5) is 0 Å². The van der Waals surface area contributed by atoms with Crippen molar-refractivity contribution >= 4 is 17.4 Å². The van der Waals surface area contributed by atoms with Gasteiger partial charge in [0.1, 0.15) is 24.7 Å². The quantitative estimate of drug-likeness (QED) is 0.363. The number of amides is 1. The first-order valence-corrected chi connectivity index (χ1v) is 11.5. The number of hydrogen-bond acceptors (Lipinski definition) is 7. The molecule has 1 fully saturated rings. The smallest absolute Gasteiger partial charge is 0.295 e. The van der Waals surface area contributed by atoms with Gasteiger partial charge in [-0.1, -0.05) is 19.1 Å². The van der Waals surface area contributed by atoms with E-state index in [0.29, 0.717) is 61.3 Å². The highest BCUT2D eigenvalue weighted by Crippen LogP contribution is 2.41. The molecule has 0 bridgehead atoms. The third-order valence-electron chi connectivity index (χ3n) is 5.79. The molecular formula is C26H30N2O6. The number of ketones is 1. The summed E-state index contributed by atoms with van der Waals surface area (Å²) in [5.74, 6) is 0.126. The van der Waals surface area contributed by atoms with Crippen LogP contribution in [0.3, 0.4) is 0 Å². The first-order chi connectivity index (χ1) is 16.4. The first-order valence-electron chi connectivity index (χ1n) is 11.5. The number of hydrogen-bond donors (Lipinski definition) is 1. The summed E-state index contributed by atoms with van der Waals surface area (Å²) in [4.78, 5) is 29.7. The van der Waals surface area contributed by atoms with E-state index in [1.54, 1.807) is 18.2 Å². The van der Waals surface area contributed by atoms with E-state index in [4.69, 9.17) is 14.2 Å². The van der Waals surface area contributed by atoms with Crippen molar-refractivity contribution in [3.63, 3.8) is 0 Å². The van der Waals surface area contributed by atoms with Crippen molar-refractivity contribution < 1.29 is 28.9 Å². The molecule has 4 rings (SSSR count). The SMILES string of the molecule is CCCOc1cccc(C2/C(=C(/O)c3ccc4c(c3)OCCO4)C(=O)C(=O)N2CCN(C)C)c1. The minimum atomic E-state index is -0.738. The molecule has 1 atom stereocenters. The number of carbonyl (C=O) groups is 2. The summed E-state index contributed by atoms with van der Waals surface area (Å²) < 4.78 is 17.0. The highest BCUT2D eigenvalue weighted by molar-refractivity contribution is 6.46. The Bertz CT molecular complexity index is 1110. The van der Waals surface area contributed by atoms with Crippen molar-refractivity contribution in [3.05, 3.63) is 59.2 Å². The van der Waals surface area contributed by atoms with Gasteiger partial charge in [0.2, 0.25) is 0 Å². The Labute approximate surface area is 199 Å². The third kappa shape index (κ3) is 4.72. The predicted molar refractivity (Wildman–Crippen MR) is 127 cm³/mol. The van der Waals surface area contributed by atoms with Crippen LogP contribution in [0.1, 0.15) is 30.5 Å². The van der Waals surface area contributed by atoms with Gasteiger partial charge < -0.3 is 29.1 Å². The minimum Gasteiger partial charge on any atom is -0.507 e.